The van der Waals surface area contributed by atoms with Gasteiger partial charge in [-0.15, -0.1) is 5.10 Å². The van der Waals surface area contributed by atoms with Crippen molar-refractivity contribution in [3.63, 3.8) is 0 Å². The highest BCUT2D eigenvalue weighted by Gasteiger charge is 2.11. The molecule has 1 aromatic heterocycles. The zero-order valence-corrected chi connectivity index (χ0v) is 15.6. The Morgan fingerprint density at radius 2 is 1.76 bits per heavy atom. The van der Waals surface area contributed by atoms with Gasteiger partial charge < -0.3 is 9.84 Å². The number of nitrogens with zero attached hydrogens (tertiary/aromatic N) is 3. The molecule has 0 radical (unpaired) electrons. The molecule has 0 bridgehead atoms. The quantitative estimate of drug-likeness (QED) is 0.599. The Labute approximate surface area is 158 Å². The number of halogens is 4. The van der Waals surface area contributed by atoms with Crippen LogP contribution in [0, 0.1) is 11.6 Å². The van der Waals surface area contributed by atoms with Crippen LogP contribution in [-0.4, -0.2) is 20.3 Å². The van der Waals surface area contributed by atoms with Crippen LogP contribution in [0.15, 0.2) is 45.5 Å². The van der Waals surface area contributed by atoms with Crippen LogP contribution in [0.3, 0.4) is 0 Å². The van der Waals surface area contributed by atoms with Crippen LogP contribution < -0.4 is 4.74 Å². The molecule has 0 atom stereocenters. The van der Waals surface area contributed by atoms with Gasteiger partial charge in [0.15, 0.2) is 0 Å². The van der Waals surface area contributed by atoms with Gasteiger partial charge in [0, 0.05) is 17.2 Å². The van der Waals surface area contributed by atoms with Crippen LogP contribution in [-0.2, 0) is 6.61 Å². The second kappa shape index (κ2) is 7.40. The fraction of sp³-hybridized carbons (Fsp3) is 0.0625. The van der Waals surface area contributed by atoms with Gasteiger partial charge in [0.1, 0.15) is 29.7 Å². The lowest BCUT2D eigenvalue weighted by Gasteiger charge is -2.07. The van der Waals surface area contributed by atoms with E-state index in [2.05, 4.69) is 47.0 Å². The molecule has 0 saturated carbocycles. The average Bonchev–Trinajstić information content (AvgIpc) is 2.59. The van der Waals surface area contributed by atoms with E-state index in [4.69, 9.17) is 4.74 Å². The molecule has 5 nitrogen and oxygen atoms in total. The third-order valence-corrected chi connectivity index (χ3v) is 4.43. The molecule has 0 saturated heterocycles. The van der Waals surface area contributed by atoms with E-state index in [1.165, 1.54) is 12.3 Å². The number of benzene rings is 2. The Kier molecular flexibility index (Phi) is 5.24. The van der Waals surface area contributed by atoms with Crippen molar-refractivity contribution in [2.75, 3.05) is 0 Å². The fourth-order valence-corrected chi connectivity index (χ4v) is 3.14. The van der Waals surface area contributed by atoms with Crippen LogP contribution in [0.4, 0.5) is 8.78 Å². The van der Waals surface area contributed by atoms with Gasteiger partial charge in [0.25, 0.3) is 0 Å². The zero-order valence-electron chi connectivity index (χ0n) is 12.4. The van der Waals surface area contributed by atoms with E-state index in [0.29, 0.717) is 20.2 Å². The molecule has 25 heavy (non-hydrogen) atoms. The van der Waals surface area contributed by atoms with Gasteiger partial charge in [-0.3, -0.25) is 0 Å². The highest BCUT2D eigenvalue weighted by atomic mass is 79.9. The summed E-state index contributed by atoms with van der Waals surface area (Å²) in [4.78, 5) is 4.01. The molecule has 0 aliphatic carbocycles. The summed E-state index contributed by atoms with van der Waals surface area (Å²) in [6, 6.07) is 6.51. The average molecular weight is 473 g/mol. The number of hydrogen-bond donors (Lipinski definition) is 1. The molecule has 0 aliphatic rings. The molecular weight excluding hydrogens is 464 g/mol. The largest absolute Gasteiger partial charge is 0.506 e. The molecule has 0 amide bonds. The lowest BCUT2D eigenvalue weighted by atomic mass is 10.1. The number of aromatic hydroxyl groups is 1. The molecule has 9 heteroatoms. The van der Waals surface area contributed by atoms with E-state index in [9.17, 15) is 13.9 Å². The summed E-state index contributed by atoms with van der Waals surface area (Å²) < 4.78 is 32.6. The Bertz CT molecular complexity index is 901. The van der Waals surface area contributed by atoms with Crippen molar-refractivity contribution in [1.82, 2.24) is 15.2 Å². The Morgan fingerprint density at radius 1 is 1.04 bits per heavy atom. The third kappa shape index (κ3) is 4.10. The SMILES string of the molecule is Oc1c(Br)cc(-c2cnc(OCc3ccc(F)cc3F)nn2)cc1Br. The van der Waals surface area contributed by atoms with Crippen molar-refractivity contribution < 1.29 is 18.6 Å². The number of rotatable bonds is 4. The standard InChI is InChI=1S/C16H9Br2F2N3O2/c17-11-3-9(4-12(18)15(11)24)14-6-21-16(23-22-14)25-7-8-1-2-10(19)5-13(8)20/h1-6,24H,7H2. The summed E-state index contributed by atoms with van der Waals surface area (Å²) in [7, 11) is 0. The lowest BCUT2D eigenvalue weighted by molar-refractivity contribution is 0.271. The summed E-state index contributed by atoms with van der Waals surface area (Å²) in [6.45, 7) is -0.149. The van der Waals surface area contributed by atoms with Gasteiger partial charge in [-0.2, -0.15) is 0 Å². The summed E-state index contributed by atoms with van der Waals surface area (Å²) in [5.74, 6) is -1.29. The second-order valence-electron chi connectivity index (χ2n) is 4.94. The van der Waals surface area contributed by atoms with E-state index in [1.54, 1.807) is 12.1 Å². The van der Waals surface area contributed by atoms with E-state index in [1.807, 2.05) is 0 Å². The Balaban J connectivity index is 1.74. The Morgan fingerprint density at radius 3 is 2.36 bits per heavy atom. The molecule has 2 aromatic carbocycles. The number of phenolic OH excluding ortho intramolecular Hbond substituents is 1. The van der Waals surface area contributed by atoms with Gasteiger partial charge in [-0.1, -0.05) is 5.10 Å². The predicted molar refractivity (Wildman–Crippen MR) is 93.0 cm³/mol. The first-order valence-corrected chi connectivity index (χ1v) is 8.47. The number of hydrogen-bond acceptors (Lipinski definition) is 5. The van der Waals surface area contributed by atoms with Crippen LogP contribution in [0.2, 0.25) is 0 Å². The van der Waals surface area contributed by atoms with Crippen LogP contribution in [0.25, 0.3) is 11.3 Å². The van der Waals surface area contributed by atoms with Crippen molar-refractivity contribution >= 4 is 31.9 Å². The minimum Gasteiger partial charge on any atom is -0.506 e. The molecule has 1 N–H and O–H groups in total. The molecule has 1 heterocycles. The number of ether oxygens (including phenoxy) is 1. The maximum atomic E-state index is 13.5. The molecule has 3 aromatic rings. The predicted octanol–water partition coefficient (Wildman–Crippen LogP) is 4.63. The molecule has 0 fully saturated rings. The molecule has 0 unspecified atom stereocenters. The fourth-order valence-electron chi connectivity index (χ4n) is 1.96. The van der Waals surface area contributed by atoms with Crippen molar-refractivity contribution in [2.45, 2.75) is 6.61 Å². The van der Waals surface area contributed by atoms with E-state index >= 15 is 0 Å². The molecule has 128 valence electrons. The van der Waals surface area contributed by atoms with Gasteiger partial charge in [0.05, 0.1) is 15.1 Å². The summed E-state index contributed by atoms with van der Waals surface area (Å²) in [5, 5.41) is 17.5. The number of phenols is 1. The molecule has 3 rings (SSSR count). The van der Waals surface area contributed by atoms with E-state index in [0.717, 1.165) is 12.1 Å². The van der Waals surface area contributed by atoms with E-state index in [-0.39, 0.29) is 23.9 Å². The van der Waals surface area contributed by atoms with Gasteiger partial charge in [0.2, 0.25) is 0 Å². The van der Waals surface area contributed by atoms with Gasteiger partial charge >= 0.3 is 6.01 Å². The summed E-state index contributed by atoms with van der Waals surface area (Å²) in [5.41, 5.74) is 1.31. The Hall–Kier alpha value is -2.13. The smallest absolute Gasteiger partial charge is 0.336 e. The van der Waals surface area contributed by atoms with Gasteiger partial charge in [-0.05, 0) is 56.1 Å². The van der Waals surface area contributed by atoms with Crippen molar-refractivity contribution in [1.29, 1.82) is 0 Å². The molecule has 0 spiro atoms. The second-order valence-corrected chi connectivity index (χ2v) is 6.65. The minimum atomic E-state index is -0.705. The highest BCUT2D eigenvalue weighted by Crippen LogP contribution is 2.36. The summed E-state index contributed by atoms with van der Waals surface area (Å²) >= 11 is 6.47. The third-order valence-electron chi connectivity index (χ3n) is 3.23. The van der Waals surface area contributed by atoms with Crippen LogP contribution >= 0.6 is 31.9 Å². The van der Waals surface area contributed by atoms with Crippen LogP contribution in [0.5, 0.6) is 11.8 Å². The van der Waals surface area contributed by atoms with Crippen molar-refractivity contribution in [2.24, 2.45) is 0 Å². The summed E-state index contributed by atoms with van der Waals surface area (Å²) in [6.07, 6.45) is 1.44. The zero-order chi connectivity index (χ0) is 18.0. The van der Waals surface area contributed by atoms with Gasteiger partial charge in [-0.25, -0.2) is 13.8 Å². The number of aromatic nitrogens is 3. The first-order chi connectivity index (χ1) is 11.9. The van der Waals surface area contributed by atoms with Crippen molar-refractivity contribution in [3.05, 3.63) is 62.7 Å². The highest BCUT2D eigenvalue weighted by molar-refractivity contribution is 9.11. The maximum absolute atomic E-state index is 13.5. The first-order valence-electron chi connectivity index (χ1n) is 6.89. The van der Waals surface area contributed by atoms with Crippen LogP contribution in [0.1, 0.15) is 5.56 Å². The maximum Gasteiger partial charge on any atom is 0.336 e. The molecule has 0 aliphatic heterocycles. The van der Waals surface area contributed by atoms with E-state index < -0.39 is 11.6 Å². The lowest BCUT2D eigenvalue weighted by Crippen LogP contribution is -2.03. The molecular formula is C16H9Br2F2N3O2. The van der Waals surface area contributed by atoms with Crippen molar-refractivity contribution in [3.8, 4) is 23.0 Å². The normalized spacial score (nSPS) is 10.7. The first kappa shape index (κ1) is 17.7. The monoisotopic (exact) mass is 471 g/mol. The minimum absolute atomic E-state index is 0.0376. The topological polar surface area (TPSA) is 68.1 Å².